The molecule has 164 valence electrons. The van der Waals surface area contributed by atoms with Crippen LogP contribution in [0.4, 0.5) is 5.69 Å². The van der Waals surface area contributed by atoms with Crippen molar-refractivity contribution in [3.8, 4) is 0 Å². The third-order valence-corrected chi connectivity index (χ3v) is 5.36. The Morgan fingerprint density at radius 3 is 2.53 bits per heavy atom. The molecule has 8 nitrogen and oxygen atoms in total. The van der Waals surface area contributed by atoms with E-state index in [4.69, 9.17) is 4.74 Å². The Labute approximate surface area is 184 Å². The van der Waals surface area contributed by atoms with Gasteiger partial charge < -0.3 is 10.1 Å². The van der Waals surface area contributed by atoms with E-state index in [1.807, 2.05) is 43.3 Å². The first-order chi connectivity index (χ1) is 15.5. The fourth-order valence-electron chi connectivity index (χ4n) is 3.75. The molecule has 8 heteroatoms. The lowest BCUT2D eigenvalue weighted by Gasteiger charge is -2.14. The minimum atomic E-state index is -0.983. The van der Waals surface area contributed by atoms with Crippen molar-refractivity contribution in [2.24, 2.45) is 0 Å². The predicted molar refractivity (Wildman–Crippen MR) is 122 cm³/mol. The molecule has 1 amide bonds. The topological polar surface area (TPSA) is 95.2 Å². The zero-order valence-electron chi connectivity index (χ0n) is 17.9. The number of nitrogens with zero attached hydrogens (tertiary/aromatic N) is 3. The fourth-order valence-corrected chi connectivity index (χ4v) is 3.75. The minimum absolute atomic E-state index is 0.0204. The first-order valence-electron chi connectivity index (χ1n) is 10.5. The van der Waals surface area contributed by atoms with Gasteiger partial charge in [-0.05, 0) is 50.2 Å². The molecule has 0 fully saturated rings. The van der Waals surface area contributed by atoms with E-state index in [9.17, 15) is 14.4 Å². The van der Waals surface area contributed by atoms with Crippen molar-refractivity contribution in [2.75, 3.05) is 5.32 Å². The summed E-state index contributed by atoms with van der Waals surface area (Å²) in [5.41, 5.74) is 2.78. The van der Waals surface area contributed by atoms with Crippen molar-refractivity contribution >= 4 is 39.5 Å². The molecule has 4 rings (SSSR count). The zero-order valence-corrected chi connectivity index (χ0v) is 17.9. The molecule has 0 aliphatic carbocycles. The number of hydrogen-bond donors (Lipinski definition) is 1. The van der Waals surface area contributed by atoms with Gasteiger partial charge in [-0.3, -0.25) is 23.7 Å². The van der Waals surface area contributed by atoms with Gasteiger partial charge in [-0.2, -0.15) is 0 Å². The van der Waals surface area contributed by atoms with Crippen LogP contribution in [0.5, 0.6) is 0 Å². The number of ether oxygens (including phenoxy) is 1. The highest BCUT2D eigenvalue weighted by atomic mass is 16.5. The molecule has 0 aliphatic heterocycles. The van der Waals surface area contributed by atoms with Gasteiger partial charge in [0.2, 0.25) is 0 Å². The smallest absolute Gasteiger partial charge is 0.329 e. The Hall–Kier alpha value is -3.94. The number of para-hydroxylation sites is 2. The van der Waals surface area contributed by atoms with Crippen molar-refractivity contribution in [1.82, 2.24) is 14.1 Å². The highest BCUT2D eigenvalue weighted by Gasteiger charge is 2.20. The van der Waals surface area contributed by atoms with Crippen LogP contribution in [0.3, 0.4) is 0 Å². The summed E-state index contributed by atoms with van der Waals surface area (Å²) in [7, 11) is 0. The second-order valence-electron chi connectivity index (χ2n) is 7.41. The zero-order chi connectivity index (χ0) is 22.7. The molecule has 0 aliphatic rings. The Bertz CT molecular complexity index is 1350. The lowest BCUT2D eigenvalue weighted by Crippen LogP contribution is -2.31. The third kappa shape index (κ3) is 4.12. The van der Waals surface area contributed by atoms with Crippen LogP contribution < -0.4 is 11.0 Å². The lowest BCUT2D eigenvalue weighted by atomic mass is 10.2. The van der Waals surface area contributed by atoms with E-state index in [0.29, 0.717) is 12.2 Å². The number of anilines is 1. The van der Waals surface area contributed by atoms with Gasteiger partial charge in [-0.25, -0.2) is 4.79 Å². The molecule has 0 bridgehead atoms. The van der Waals surface area contributed by atoms with Crippen molar-refractivity contribution in [3.63, 3.8) is 0 Å². The van der Waals surface area contributed by atoms with Gasteiger partial charge in [0.15, 0.2) is 6.10 Å². The highest BCUT2D eigenvalue weighted by molar-refractivity contribution is 6.02. The van der Waals surface area contributed by atoms with Gasteiger partial charge in [0.25, 0.3) is 5.91 Å². The van der Waals surface area contributed by atoms with Crippen LogP contribution in [0.2, 0.25) is 0 Å². The number of esters is 1. The number of carbonyl (C=O) groups is 2. The monoisotopic (exact) mass is 432 g/mol. The number of rotatable bonds is 7. The molecule has 0 saturated carbocycles. The van der Waals surface area contributed by atoms with Gasteiger partial charge in [0.1, 0.15) is 0 Å². The van der Waals surface area contributed by atoms with Gasteiger partial charge in [0, 0.05) is 24.7 Å². The second kappa shape index (κ2) is 9.05. The van der Waals surface area contributed by atoms with E-state index >= 15 is 0 Å². The molecule has 0 radical (unpaired) electrons. The molecule has 1 atom stereocenters. The van der Waals surface area contributed by atoms with E-state index < -0.39 is 18.0 Å². The number of carbonyl (C=O) groups excluding carboxylic acids is 2. The molecule has 2 heterocycles. The van der Waals surface area contributed by atoms with Crippen LogP contribution in [0.1, 0.15) is 20.3 Å². The summed E-state index contributed by atoms with van der Waals surface area (Å²) in [6, 6.07) is 16.5. The number of benzene rings is 2. The highest BCUT2D eigenvalue weighted by Crippen LogP contribution is 2.21. The van der Waals surface area contributed by atoms with Gasteiger partial charge in [-0.1, -0.05) is 18.2 Å². The molecule has 32 heavy (non-hydrogen) atoms. The van der Waals surface area contributed by atoms with Crippen molar-refractivity contribution in [2.45, 2.75) is 39.5 Å². The largest absolute Gasteiger partial charge is 0.452 e. The number of amides is 1. The summed E-state index contributed by atoms with van der Waals surface area (Å²) in [6.45, 7) is 4.14. The summed E-state index contributed by atoms with van der Waals surface area (Å²) in [4.78, 5) is 41.9. The Kier molecular flexibility index (Phi) is 6.02. The normalized spacial score (nSPS) is 12.1. The Morgan fingerprint density at radius 1 is 1.03 bits per heavy atom. The molecule has 0 spiro atoms. The third-order valence-electron chi connectivity index (χ3n) is 5.36. The van der Waals surface area contributed by atoms with E-state index in [-0.39, 0.29) is 18.7 Å². The number of pyridine rings is 1. The first kappa shape index (κ1) is 21.3. The van der Waals surface area contributed by atoms with E-state index in [1.165, 1.54) is 6.92 Å². The number of aromatic nitrogens is 3. The van der Waals surface area contributed by atoms with Crippen LogP contribution in [0, 0.1) is 0 Å². The number of aryl methyl sites for hydroxylation is 2. The summed E-state index contributed by atoms with van der Waals surface area (Å²) in [5.74, 6) is -0.984. The average Bonchev–Trinajstić information content (AvgIpc) is 3.08. The van der Waals surface area contributed by atoms with E-state index in [2.05, 4.69) is 10.3 Å². The standard InChI is InChI=1S/C24H24N4O4/c1-3-27-20-11-4-5-12-21(20)28(24(27)31)15-13-22(29)32-16(2)23(30)26-19-10-6-9-18-17(19)8-7-14-25-18/h4-12,14,16H,3,13,15H2,1-2H3,(H,26,30). The number of nitrogens with one attached hydrogen (secondary N) is 1. The minimum Gasteiger partial charge on any atom is -0.452 e. The molecule has 2 aromatic carbocycles. The van der Waals surface area contributed by atoms with Crippen LogP contribution in [0.15, 0.2) is 65.6 Å². The summed E-state index contributed by atoms with van der Waals surface area (Å²) >= 11 is 0. The van der Waals surface area contributed by atoms with Crippen LogP contribution in [-0.4, -0.2) is 32.1 Å². The molecular weight excluding hydrogens is 408 g/mol. The van der Waals surface area contributed by atoms with Crippen LogP contribution >= 0.6 is 0 Å². The van der Waals surface area contributed by atoms with E-state index in [1.54, 1.807) is 33.5 Å². The average molecular weight is 432 g/mol. The maximum absolute atomic E-state index is 12.7. The van der Waals surface area contributed by atoms with E-state index in [0.717, 1.165) is 21.9 Å². The van der Waals surface area contributed by atoms with Crippen molar-refractivity contribution in [3.05, 3.63) is 71.3 Å². The predicted octanol–water partition coefficient (Wildman–Crippen LogP) is 3.33. The van der Waals surface area contributed by atoms with Crippen molar-refractivity contribution < 1.29 is 14.3 Å². The first-order valence-corrected chi connectivity index (χ1v) is 10.5. The summed E-state index contributed by atoms with van der Waals surface area (Å²) < 4.78 is 8.54. The van der Waals surface area contributed by atoms with Gasteiger partial charge in [0.05, 0.1) is 28.7 Å². The van der Waals surface area contributed by atoms with Crippen molar-refractivity contribution in [1.29, 1.82) is 0 Å². The summed E-state index contributed by atoms with van der Waals surface area (Å²) in [5, 5.41) is 3.59. The molecule has 4 aromatic rings. The second-order valence-corrected chi connectivity index (χ2v) is 7.41. The quantitative estimate of drug-likeness (QED) is 0.452. The van der Waals surface area contributed by atoms with Crippen LogP contribution in [0.25, 0.3) is 21.9 Å². The van der Waals surface area contributed by atoms with Gasteiger partial charge in [-0.15, -0.1) is 0 Å². The maximum Gasteiger partial charge on any atom is 0.329 e. The maximum atomic E-state index is 12.7. The molecule has 1 N–H and O–H groups in total. The fraction of sp³-hybridized carbons (Fsp3) is 0.250. The molecular formula is C24H24N4O4. The SMILES string of the molecule is CCn1c(=O)n(CCC(=O)OC(C)C(=O)Nc2cccc3ncccc23)c2ccccc21. The number of imidazole rings is 1. The lowest BCUT2D eigenvalue weighted by molar-refractivity contribution is -0.153. The van der Waals surface area contributed by atoms with Gasteiger partial charge >= 0.3 is 11.7 Å². The number of hydrogen-bond acceptors (Lipinski definition) is 5. The molecule has 0 saturated heterocycles. The number of fused-ring (bicyclic) bond motifs is 2. The molecule has 2 aromatic heterocycles. The summed E-state index contributed by atoms with van der Waals surface area (Å²) in [6.07, 6.45) is 0.679. The van der Waals surface area contributed by atoms with Crippen LogP contribution in [-0.2, 0) is 27.4 Å². The Morgan fingerprint density at radius 2 is 1.78 bits per heavy atom. The molecule has 1 unspecified atom stereocenters. The Balaban J connectivity index is 1.40.